The van der Waals surface area contributed by atoms with Crippen molar-refractivity contribution in [1.82, 2.24) is 5.32 Å². The van der Waals surface area contributed by atoms with Crippen LogP contribution in [0.3, 0.4) is 0 Å². The van der Waals surface area contributed by atoms with E-state index in [9.17, 15) is 4.39 Å². The van der Waals surface area contributed by atoms with Gasteiger partial charge in [-0.2, -0.15) is 0 Å². The lowest BCUT2D eigenvalue weighted by Crippen LogP contribution is -2.34. The van der Waals surface area contributed by atoms with Gasteiger partial charge in [-0.3, -0.25) is 0 Å². The van der Waals surface area contributed by atoms with Crippen LogP contribution in [0, 0.1) is 11.2 Å². The van der Waals surface area contributed by atoms with E-state index in [-0.39, 0.29) is 11.2 Å². The van der Waals surface area contributed by atoms with Gasteiger partial charge in [0.25, 0.3) is 0 Å². The van der Waals surface area contributed by atoms with E-state index in [4.69, 9.17) is 4.74 Å². The zero-order chi connectivity index (χ0) is 12.9. The van der Waals surface area contributed by atoms with E-state index in [0.29, 0.717) is 12.4 Å². The SMILES string of the molecule is CCNCC(C)(C)COc1cc(Br)ccc1F. The van der Waals surface area contributed by atoms with Crippen LogP contribution in [0.25, 0.3) is 0 Å². The first kappa shape index (κ1) is 14.5. The molecule has 0 aliphatic rings. The first-order valence-corrected chi connectivity index (χ1v) is 6.52. The third-order valence-corrected chi connectivity index (χ3v) is 2.86. The number of hydrogen-bond acceptors (Lipinski definition) is 2. The van der Waals surface area contributed by atoms with Crippen molar-refractivity contribution >= 4 is 15.9 Å². The van der Waals surface area contributed by atoms with Crippen LogP contribution in [-0.4, -0.2) is 19.7 Å². The Morgan fingerprint density at radius 1 is 1.41 bits per heavy atom. The summed E-state index contributed by atoms with van der Waals surface area (Å²) in [7, 11) is 0. The topological polar surface area (TPSA) is 21.3 Å². The molecule has 0 heterocycles. The molecule has 0 radical (unpaired) electrons. The van der Waals surface area contributed by atoms with Gasteiger partial charge in [-0.05, 0) is 24.7 Å². The minimum absolute atomic E-state index is 0.0230. The fourth-order valence-corrected chi connectivity index (χ4v) is 1.72. The van der Waals surface area contributed by atoms with Gasteiger partial charge in [0.05, 0.1) is 6.61 Å². The molecule has 1 rings (SSSR count). The van der Waals surface area contributed by atoms with Gasteiger partial charge < -0.3 is 10.1 Å². The number of ether oxygens (including phenoxy) is 1. The molecule has 0 atom stereocenters. The Bertz CT molecular complexity index is 368. The maximum Gasteiger partial charge on any atom is 0.165 e. The molecule has 0 aliphatic heterocycles. The fraction of sp³-hybridized carbons (Fsp3) is 0.538. The van der Waals surface area contributed by atoms with Crippen LogP contribution in [-0.2, 0) is 0 Å². The Labute approximate surface area is 111 Å². The molecule has 0 spiro atoms. The highest BCUT2D eigenvalue weighted by atomic mass is 79.9. The Morgan fingerprint density at radius 2 is 2.12 bits per heavy atom. The normalized spacial score (nSPS) is 11.6. The van der Waals surface area contributed by atoms with E-state index >= 15 is 0 Å². The molecule has 0 saturated heterocycles. The predicted octanol–water partition coefficient (Wildman–Crippen LogP) is 3.60. The van der Waals surface area contributed by atoms with Crippen LogP contribution < -0.4 is 10.1 Å². The van der Waals surface area contributed by atoms with E-state index in [1.165, 1.54) is 6.07 Å². The van der Waals surface area contributed by atoms with E-state index in [0.717, 1.165) is 17.6 Å². The molecule has 2 nitrogen and oxygen atoms in total. The zero-order valence-corrected chi connectivity index (χ0v) is 12.1. The average molecular weight is 304 g/mol. The largest absolute Gasteiger partial charge is 0.490 e. The van der Waals surface area contributed by atoms with Crippen molar-refractivity contribution in [3.05, 3.63) is 28.5 Å². The summed E-state index contributed by atoms with van der Waals surface area (Å²) in [6, 6.07) is 4.71. The Hall–Kier alpha value is -0.610. The maximum absolute atomic E-state index is 13.4. The number of nitrogens with one attached hydrogen (secondary N) is 1. The highest BCUT2D eigenvalue weighted by Gasteiger charge is 2.19. The number of rotatable bonds is 6. The van der Waals surface area contributed by atoms with Crippen molar-refractivity contribution in [2.45, 2.75) is 20.8 Å². The van der Waals surface area contributed by atoms with Gasteiger partial charge in [0.15, 0.2) is 11.6 Å². The summed E-state index contributed by atoms with van der Waals surface area (Å²) in [6.45, 7) is 8.49. The summed E-state index contributed by atoms with van der Waals surface area (Å²) in [4.78, 5) is 0. The molecule has 4 heteroatoms. The standard InChI is InChI=1S/C13H19BrFNO/c1-4-16-8-13(2,3)9-17-12-7-10(14)5-6-11(12)15/h5-7,16H,4,8-9H2,1-3H3. The lowest BCUT2D eigenvalue weighted by molar-refractivity contribution is 0.171. The second-order valence-corrected chi connectivity index (χ2v) is 5.72. The van der Waals surface area contributed by atoms with Gasteiger partial charge in [-0.15, -0.1) is 0 Å². The van der Waals surface area contributed by atoms with Gasteiger partial charge in [0.2, 0.25) is 0 Å². The van der Waals surface area contributed by atoms with Crippen LogP contribution in [0.15, 0.2) is 22.7 Å². The van der Waals surface area contributed by atoms with Gasteiger partial charge in [0, 0.05) is 16.4 Å². The summed E-state index contributed by atoms with van der Waals surface area (Å²) in [5.41, 5.74) is -0.0230. The minimum atomic E-state index is -0.326. The van der Waals surface area contributed by atoms with Crippen LogP contribution >= 0.6 is 15.9 Å². The monoisotopic (exact) mass is 303 g/mol. The van der Waals surface area contributed by atoms with E-state index in [2.05, 4.69) is 42.0 Å². The van der Waals surface area contributed by atoms with Gasteiger partial charge in [-0.25, -0.2) is 4.39 Å². The molecule has 17 heavy (non-hydrogen) atoms. The lowest BCUT2D eigenvalue weighted by atomic mass is 9.95. The van der Waals surface area contributed by atoms with Gasteiger partial charge in [-0.1, -0.05) is 36.7 Å². The Balaban J connectivity index is 2.57. The molecule has 1 N–H and O–H groups in total. The molecule has 1 aromatic rings. The van der Waals surface area contributed by atoms with E-state index in [1.54, 1.807) is 12.1 Å². The van der Waals surface area contributed by atoms with Crippen molar-refractivity contribution in [1.29, 1.82) is 0 Å². The average Bonchev–Trinajstić information content (AvgIpc) is 2.28. The van der Waals surface area contributed by atoms with Crippen molar-refractivity contribution in [2.24, 2.45) is 5.41 Å². The zero-order valence-electron chi connectivity index (χ0n) is 10.5. The molecule has 96 valence electrons. The highest BCUT2D eigenvalue weighted by molar-refractivity contribution is 9.10. The molecule has 0 bridgehead atoms. The van der Waals surface area contributed by atoms with Crippen molar-refractivity contribution in [3.63, 3.8) is 0 Å². The first-order chi connectivity index (χ1) is 7.94. The van der Waals surface area contributed by atoms with Crippen LogP contribution in [0.5, 0.6) is 5.75 Å². The van der Waals surface area contributed by atoms with E-state index in [1.807, 2.05) is 0 Å². The van der Waals surface area contributed by atoms with Gasteiger partial charge in [0.1, 0.15) is 0 Å². The first-order valence-electron chi connectivity index (χ1n) is 5.73. The molecule has 1 aromatic carbocycles. The summed E-state index contributed by atoms with van der Waals surface area (Å²) < 4.78 is 19.8. The fourth-order valence-electron chi connectivity index (χ4n) is 1.38. The third kappa shape index (κ3) is 5.04. The van der Waals surface area contributed by atoms with Crippen molar-refractivity contribution < 1.29 is 9.13 Å². The molecule has 0 aromatic heterocycles. The smallest absolute Gasteiger partial charge is 0.165 e. The van der Waals surface area contributed by atoms with Gasteiger partial charge >= 0.3 is 0 Å². The predicted molar refractivity (Wildman–Crippen MR) is 71.9 cm³/mol. The third-order valence-electron chi connectivity index (χ3n) is 2.37. The summed E-state index contributed by atoms with van der Waals surface area (Å²) in [5, 5.41) is 3.27. The maximum atomic E-state index is 13.4. The molecule has 0 aliphatic carbocycles. The molecular weight excluding hydrogens is 285 g/mol. The summed E-state index contributed by atoms with van der Waals surface area (Å²) in [6.07, 6.45) is 0. The van der Waals surface area contributed by atoms with Crippen LogP contribution in [0.2, 0.25) is 0 Å². The number of hydrogen-bond donors (Lipinski definition) is 1. The summed E-state index contributed by atoms with van der Waals surface area (Å²) in [5.74, 6) is -0.0311. The Morgan fingerprint density at radius 3 is 2.76 bits per heavy atom. The molecule has 0 fully saturated rings. The Kier molecular flexibility index (Phi) is 5.40. The molecule has 0 unspecified atom stereocenters. The van der Waals surface area contributed by atoms with Crippen molar-refractivity contribution in [2.75, 3.05) is 19.7 Å². The second-order valence-electron chi connectivity index (χ2n) is 4.81. The molecular formula is C13H19BrFNO. The highest BCUT2D eigenvalue weighted by Crippen LogP contribution is 2.24. The van der Waals surface area contributed by atoms with Crippen LogP contribution in [0.4, 0.5) is 4.39 Å². The second kappa shape index (κ2) is 6.36. The van der Waals surface area contributed by atoms with Crippen molar-refractivity contribution in [3.8, 4) is 5.75 Å². The molecule has 0 amide bonds. The molecule has 0 saturated carbocycles. The number of benzene rings is 1. The lowest BCUT2D eigenvalue weighted by Gasteiger charge is -2.25. The number of halogens is 2. The van der Waals surface area contributed by atoms with E-state index < -0.39 is 0 Å². The minimum Gasteiger partial charge on any atom is -0.490 e. The van der Waals surface area contributed by atoms with Crippen LogP contribution in [0.1, 0.15) is 20.8 Å². The summed E-state index contributed by atoms with van der Waals surface area (Å²) >= 11 is 3.30. The quantitative estimate of drug-likeness (QED) is 0.867.